The number of furan rings is 1. The highest BCUT2D eigenvalue weighted by Crippen LogP contribution is 2.56. The molecule has 2 nitrogen and oxygen atoms in total. The van der Waals surface area contributed by atoms with Crippen molar-refractivity contribution in [1.29, 1.82) is 0 Å². The predicted octanol–water partition coefficient (Wildman–Crippen LogP) is 7.94. The van der Waals surface area contributed by atoms with Crippen LogP contribution in [-0.4, -0.2) is 16.6 Å². The van der Waals surface area contributed by atoms with Crippen LogP contribution in [0.3, 0.4) is 0 Å². The predicted molar refractivity (Wildman–Crippen MR) is 119 cm³/mol. The quantitative estimate of drug-likeness (QED) is 0.438. The standard InChI is InChI=1S/C21H20Cl2O2S2/c1-2-3-4-21(26-5-6-27-21)14-9-18(24)17-12-19(25-20(17)10-14)13-7-15(22)11-16(23)8-13/h7-12,24H,2-6H2,1H3. The van der Waals surface area contributed by atoms with E-state index in [4.69, 9.17) is 27.6 Å². The Labute approximate surface area is 177 Å². The first-order chi connectivity index (χ1) is 13.0. The van der Waals surface area contributed by atoms with Gasteiger partial charge in [0, 0.05) is 27.1 Å². The number of phenols is 1. The molecule has 6 heteroatoms. The number of benzene rings is 2. The second kappa shape index (κ2) is 7.82. The third kappa shape index (κ3) is 3.82. The van der Waals surface area contributed by atoms with Crippen LogP contribution in [-0.2, 0) is 4.08 Å². The van der Waals surface area contributed by atoms with Crippen molar-refractivity contribution in [1.82, 2.24) is 0 Å². The van der Waals surface area contributed by atoms with Gasteiger partial charge in [-0.25, -0.2) is 0 Å². The molecule has 0 bridgehead atoms. The first-order valence-corrected chi connectivity index (χ1v) is 11.7. The van der Waals surface area contributed by atoms with E-state index < -0.39 is 0 Å². The summed E-state index contributed by atoms with van der Waals surface area (Å²) >= 11 is 16.2. The molecule has 0 amide bonds. The highest BCUT2D eigenvalue weighted by molar-refractivity contribution is 8.20. The average molecular weight is 439 g/mol. The summed E-state index contributed by atoms with van der Waals surface area (Å²) in [6.45, 7) is 2.22. The lowest BCUT2D eigenvalue weighted by Crippen LogP contribution is -2.14. The lowest BCUT2D eigenvalue weighted by molar-refractivity contribution is 0.480. The Morgan fingerprint density at radius 1 is 1.04 bits per heavy atom. The van der Waals surface area contributed by atoms with Gasteiger partial charge >= 0.3 is 0 Å². The fourth-order valence-corrected chi connectivity index (χ4v) is 7.33. The number of fused-ring (bicyclic) bond motifs is 1. The van der Waals surface area contributed by atoms with Gasteiger partial charge in [-0.05, 0) is 48.4 Å². The number of halogens is 2. The molecule has 4 rings (SSSR count). The highest BCUT2D eigenvalue weighted by Gasteiger charge is 2.37. The molecule has 1 N–H and O–H groups in total. The summed E-state index contributed by atoms with van der Waals surface area (Å²) < 4.78 is 6.11. The van der Waals surface area contributed by atoms with Crippen molar-refractivity contribution in [3.05, 3.63) is 52.0 Å². The van der Waals surface area contributed by atoms with Crippen LogP contribution in [0.4, 0.5) is 0 Å². The number of hydrogen-bond donors (Lipinski definition) is 1. The fourth-order valence-electron chi connectivity index (χ4n) is 3.50. The maximum absolute atomic E-state index is 10.7. The molecular weight excluding hydrogens is 419 g/mol. The van der Waals surface area contributed by atoms with Gasteiger partial charge in [-0.15, -0.1) is 23.5 Å². The van der Waals surface area contributed by atoms with E-state index in [1.165, 1.54) is 6.42 Å². The SMILES string of the molecule is CCCCC1(c2cc(O)c3cc(-c4cc(Cl)cc(Cl)c4)oc3c2)SCCS1. The van der Waals surface area contributed by atoms with E-state index in [-0.39, 0.29) is 9.83 Å². The van der Waals surface area contributed by atoms with Gasteiger partial charge in [0.2, 0.25) is 0 Å². The Morgan fingerprint density at radius 2 is 1.74 bits per heavy atom. The molecule has 2 aromatic carbocycles. The summed E-state index contributed by atoms with van der Waals surface area (Å²) in [5.41, 5.74) is 2.63. The number of unbranched alkanes of at least 4 members (excludes halogenated alkanes) is 1. The van der Waals surface area contributed by atoms with Crippen molar-refractivity contribution < 1.29 is 9.52 Å². The fraction of sp³-hybridized carbons (Fsp3) is 0.333. The van der Waals surface area contributed by atoms with Gasteiger partial charge in [-0.3, -0.25) is 0 Å². The molecule has 0 saturated carbocycles. The zero-order chi connectivity index (χ0) is 19.0. The van der Waals surface area contributed by atoms with Crippen molar-refractivity contribution in [2.75, 3.05) is 11.5 Å². The number of phenolic OH excluding ortho intramolecular Hbond substituents is 1. The van der Waals surface area contributed by atoms with Crippen LogP contribution in [0, 0.1) is 0 Å². The van der Waals surface area contributed by atoms with Gasteiger partial charge < -0.3 is 9.52 Å². The maximum atomic E-state index is 10.7. The van der Waals surface area contributed by atoms with Gasteiger partial charge in [0.1, 0.15) is 17.1 Å². The highest BCUT2D eigenvalue weighted by atomic mass is 35.5. The van der Waals surface area contributed by atoms with Crippen molar-refractivity contribution in [3.8, 4) is 17.1 Å². The minimum atomic E-state index is 0.00793. The van der Waals surface area contributed by atoms with Crippen LogP contribution in [0.5, 0.6) is 5.75 Å². The summed E-state index contributed by atoms with van der Waals surface area (Å²) in [6.07, 6.45) is 3.43. The molecule has 3 aromatic rings. The molecule has 0 atom stereocenters. The maximum Gasteiger partial charge on any atom is 0.138 e. The first kappa shape index (κ1) is 19.4. The van der Waals surface area contributed by atoms with Crippen LogP contribution >= 0.6 is 46.7 Å². The molecular formula is C21H20Cl2O2S2. The Bertz CT molecular complexity index is 957. The number of aromatic hydroxyl groups is 1. The summed E-state index contributed by atoms with van der Waals surface area (Å²) in [7, 11) is 0. The molecule has 2 heterocycles. The van der Waals surface area contributed by atoms with Gasteiger partial charge in [0.05, 0.1) is 9.47 Å². The Balaban J connectivity index is 1.79. The Kier molecular flexibility index (Phi) is 5.62. The van der Waals surface area contributed by atoms with Gasteiger partial charge in [-0.1, -0.05) is 43.0 Å². The molecule has 1 aromatic heterocycles. The first-order valence-electron chi connectivity index (χ1n) is 9.02. The second-order valence-electron chi connectivity index (χ2n) is 6.73. The number of hydrogen-bond acceptors (Lipinski definition) is 4. The van der Waals surface area contributed by atoms with Crippen molar-refractivity contribution >= 4 is 57.7 Å². The molecule has 1 aliphatic rings. The largest absolute Gasteiger partial charge is 0.507 e. The Hall–Kier alpha value is -0.940. The molecule has 27 heavy (non-hydrogen) atoms. The summed E-state index contributed by atoms with van der Waals surface area (Å²) in [5, 5.41) is 12.5. The van der Waals surface area contributed by atoms with E-state index in [9.17, 15) is 5.11 Å². The molecule has 0 aliphatic carbocycles. The summed E-state index contributed by atoms with van der Waals surface area (Å²) in [5.74, 6) is 3.18. The summed E-state index contributed by atoms with van der Waals surface area (Å²) in [6, 6.07) is 11.2. The van der Waals surface area contributed by atoms with Crippen LogP contribution in [0.25, 0.3) is 22.3 Å². The number of rotatable bonds is 5. The van der Waals surface area contributed by atoms with Crippen LogP contribution in [0.2, 0.25) is 10.0 Å². The van der Waals surface area contributed by atoms with Gasteiger partial charge in [0.25, 0.3) is 0 Å². The molecule has 0 radical (unpaired) electrons. The normalized spacial score (nSPS) is 16.3. The second-order valence-corrected chi connectivity index (χ2v) is 10.6. The molecule has 0 unspecified atom stereocenters. The van der Waals surface area contributed by atoms with Gasteiger partial charge in [0.15, 0.2) is 0 Å². The van der Waals surface area contributed by atoms with Gasteiger partial charge in [-0.2, -0.15) is 0 Å². The lowest BCUT2D eigenvalue weighted by Gasteiger charge is -2.28. The van der Waals surface area contributed by atoms with Crippen LogP contribution in [0.1, 0.15) is 31.7 Å². The van der Waals surface area contributed by atoms with E-state index in [0.29, 0.717) is 26.8 Å². The average Bonchev–Trinajstić information content (AvgIpc) is 3.27. The molecule has 1 fully saturated rings. The zero-order valence-electron chi connectivity index (χ0n) is 14.9. The van der Waals surface area contributed by atoms with E-state index in [0.717, 1.165) is 35.5 Å². The summed E-state index contributed by atoms with van der Waals surface area (Å²) in [4.78, 5) is 0. The van der Waals surface area contributed by atoms with E-state index in [1.807, 2.05) is 47.8 Å². The van der Waals surface area contributed by atoms with Crippen LogP contribution < -0.4 is 0 Å². The van der Waals surface area contributed by atoms with E-state index in [1.54, 1.807) is 6.07 Å². The molecule has 0 spiro atoms. The smallest absolute Gasteiger partial charge is 0.138 e. The third-order valence-corrected chi connectivity index (χ3v) is 8.85. The Morgan fingerprint density at radius 3 is 2.41 bits per heavy atom. The molecule has 142 valence electrons. The van der Waals surface area contributed by atoms with Crippen molar-refractivity contribution in [2.45, 2.75) is 30.3 Å². The third-order valence-electron chi connectivity index (χ3n) is 4.82. The van der Waals surface area contributed by atoms with Crippen molar-refractivity contribution in [3.63, 3.8) is 0 Å². The monoisotopic (exact) mass is 438 g/mol. The van der Waals surface area contributed by atoms with E-state index in [2.05, 4.69) is 13.0 Å². The van der Waals surface area contributed by atoms with Crippen LogP contribution in [0.15, 0.2) is 40.8 Å². The lowest BCUT2D eigenvalue weighted by atomic mass is 10.0. The molecule has 1 aliphatic heterocycles. The number of thioether (sulfide) groups is 2. The topological polar surface area (TPSA) is 33.4 Å². The zero-order valence-corrected chi connectivity index (χ0v) is 18.1. The van der Waals surface area contributed by atoms with Crippen molar-refractivity contribution in [2.24, 2.45) is 0 Å². The molecule has 1 saturated heterocycles. The van der Waals surface area contributed by atoms with E-state index >= 15 is 0 Å². The minimum absolute atomic E-state index is 0.00793. The minimum Gasteiger partial charge on any atom is -0.507 e.